The molecule has 0 spiro atoms. The number of aryl methyl sites for hydroxylation is 1. The molecule has 1 aromatic carbocycles. The second-order valence-corrected chi connectivity index (χ2v) is 7.45. The Morgan fingerprint density at radius 2 is 1.85 bits per heavy atom. The van der Waals surface area contributed by atoms with Gasteiger partial charge in [-0.1, -0.05) is 41.9 Å². The third-order valence-corrected chi connectivity index (χ3v) is 5.65. The summed E-state index contributed by atoms with van der Waals surface area (Å²) < 4.78 is 4.81. The topological polar surface area (TPSA) is 65.7 Å². The van der Waals surface area contributed by atoms with Gasteiger partial charge in [0, 0.05) is 32.7 Å². The standard InChI is InChI=1S/C20H27N5O2/c1-16-19(22-27-21-16)23-11-13-24(14-12-23)20(26)18-9-5-6-10-25(18)15-17-7-3-2-4-8-17/h2-4,7-8,18H,5-6,9-15H2,1H3. The van der Waals surface area contributed by atoms with Gasteiger partial charge in [0.25, 0.3) is 0 Å². The molecular formula is C20H27N5O2. The van der Waals surface area contributed by atoms with Crippen molar-refractivity contribution in [1.82, 2.24) is 20.1 Å². The zero-order valence-corrected chi connectivity index (χ0v) is 15.9. The minimum atomic E-state index is 0.000888. The Morgan fingerprint density at radius 1 is 1.07 bits per heavy atom. The molecule has 27 heavy (non-hydrogen) atoms. The number of hydrogen-bond donors (Lipinski definition) is 0. The van der Waals surface area contributed by atoms with Crippen molar-refractivity contribution in [3.8, 4) is 0 Å². The maximum Gasteiger partial charge on any atom is 0.240 e. The van der Waals surface area contributed by atoms with E-state index in [2.05, 4.69) is 44.4 Å². The van der Waals surface area contributed by atoms with Gasteiger partial charge in [-0.3, -0.25) is 9.69 Å². The molecule has 0 radical (unpaired) electrons. The van der Waals surface area contributed by atoms with E-state index in [9.17, 15) is 4.79 Å². The number of hydrogen-bond acceptors (Lipinski definition) is 6. The van der Waals surface area contributed by atoms with Gasteiger partial charge in [-0.15, -0.1) is 0 Å². The number of benzene rings is 1. The molecule has 2 aromatic rings. The third kappa shape index (κ3) is 3.98. The largest absolute Gasteiger partial charge is 0.349 e. The van der Waals surface area contributed by atoms with Gasteiger partial charge in [0.2, 0.25) is 5.91 Å². The van der Waals surface area contributed by atoms with E-state index < -0.39 is 0 Å². The maximum absolute atomic E-state index is 13.2. The first kappa shape index (κ1) is 18.0. The first-order valence-electron chi connectivity index (χ1n) is 9.83. The summed E-state index contributed by atoms with van der Waals surface area (Å²) in [5.41, 5.74) is 2.08. The van der Waals surface area contributed by atoms with Crippen LogP contribution in [0.15, 0.2) is 35.0 Å². The third-order valence-electron chi connectivity index (χ3n) is 5.65. The van der Waals surface area contributed by atoms with Gasteiger partial charge in [0.15, 0.2) is 5.82 Å². The number of nitrogens with zero attached hydrogens (tertiary/aromatic N) is 5. The Hall–Kier alpha value is -2.41. The zero-order valence-electron chi connectivity index (χ0n) is 15.9. The van der Waals surface area contributed by atoms with E-state index in [0.717, 1.165) is 63.6 Å². The molecule has 2 aliphatic rings. The summed E-state index contributed by atoms with van der Waals surface area (Å²) in [6, 6.07) is 10.5. The molecule has 0 aliphatic carbocycles. The molecule has 1 unspecified atom stereocenters. The van der Waals surface area contributed by atoms with E-state index in [0.29, 0.717) is 0 Å². The summed E-state index contributed by atoms with van der Waals surface area (Å²) in [4.78, 5) is 19.8. The Labute approximate surface area is 159 Å². The van der Waals surface area contributed by atoms with Crippen molar-refractivity contribution in [3.63, 3.8) is 0 Å². The number of anilines is 1. The van der Waals surface area contributed by atoms with Crippen molar-refractivity contribution >= 4 is 11.7 Å². The highest BCUT2D eigenvalue weighted by atomic mass is 16.6. The highest BCUT2D eigenvalue weighted by Crippen LogP contribution is 2.23. The van der Waals surface area contributed by atoms with Crippen molar-refractivity contribution < 1.29 is 9.42 Å². The number of amides is 1. The molecule has 1 amide bonds. The molecule has 7 heteroatoms. The van der Waals surface area contributed by atoms with Crippen LogP contribution in [0.25, 0.3) is 0 Å². The molecule has 1 aromatic heterocycles. The van der Waals surface area contributed by atoms with Crippen LogP contribution in [0, 0.1) is 6.92 Å². The maximum atomic E-state index is 13.2. The minimum absolute atomic E-state index is 0.000888. The number of aromatic nitrogens is 2. The van der Waals surface area contributed by atoms with Crippen LogP contribution < -0.4 is 4.90 Å². The van der Waals surface area contributed by atoms with E-state index in [-0.39, 0.29) is 11.9 Å². The smallest absolute Gasteiger partial charge is 0.240 e. The quantitative estimate of drug-likeness (QED) is 0.822. The van der Waals surface area contributed by atoms with E-state index >= 15 is 0 Å². The van der Waals surface area contributed by atoms with Gasteiger partial charge in [-0.05, 0) is 37.0 Å². The Kier molecular flexibility index (Phi) is 5.38. The monoisotopic (exact) mass is 369 g/mol. The van der Waals surface area contributed by atoms with Gasteiger partial charge in [0.1, 0.15) is 5.69 Å². The lowest BCUT2D eigenvalue weighted by Crippen LogP contribution is -2.56. The zero-order chi connectivity index (χ0) is 18.6. The Balaban J connectivity index is 1.38. The molecule has 0 bridgehead atoms. The van der Waals surface area contributed by atoms with Gasteiger partial charge < -0.3 is 9.80 Å². The van der Waals surface area contributed by atoms with Crippen molar-refractivity contribution in [2.24, 2.45) is 0 Å². The average Bonchev–Trinajstić information content (AvgIpc) is 3.15. The Morgan fingerprint density at radius 3 is 2.56 bits per heavy atom. The van der Waals surface area contributed by atoms with Gasteiger partial charge in [-0.2, -0.15) is 0 Å². The van der Waals surface area contributed by atoms with Crippen LogP contribution in [0.2, 0.25) is 0 Å². The van der Waals surface area contributed by atoms with Crippen LogP contribution >= 0.6 is 0 Å². The van der Waals surface area contributed by atoms with Gasteiger partial charge >= 0.3 is 0 Å². The van der Waals surface area contributed by atoms with E-state index in [1.807, 2.05) is 17.9 Å². The summed E-state index contributed by atoms with van der Waals surface area (Å²) in [6.45, 7) is 6.73. The molecule has 2 aliphatic heterocycles. The van der Waals surface area contributed by atoms with Gasteiger partial charge in [0.05, 0.1) is 6.04 Å². The fourth-order valence-electron chi connectivity index (χ4n) is 4.14. The van der Waals surface area contributed by atoms with Crippen LogP contribution in [0.4, 0.5) is 5.82 Å². The molecule has 144 valence electrons. The first-order chi connectivity index (χ1) is 13.2. The van der Waals surface area contributed by atoms with E-state index in [1.165, 1.54) is 12.0 Å². The minimum Gasteiger partial charge on any atom is -0.349 e. The molecular weight excluding hydrogens is 342 g/mol. The molecule has 1 atom stereocenters. The number of piperazine rings is 1. The van der Waals surface area contributed by atoms with Crippen LogP contribution in [-0.4, -0.2) is 64.8 Å². The van der Waals surface area contributed by atoms with Crippen LogP contribution in [0.5, 0.6) is 0 Å². The number of likely N-dealkylation sites (tertiary alicyclic amines) is 1. The summed E-state index contributed by atoms with van der Waals surface area (Å²) in [5.74, 6) is 1.07. The predicted octanol–water partition coefficient (Wildman–Crippen LogP) is 2.08. The number of rotatable bonds is 4. The second-order valence-electron chi connectivity index (χ2n) is 7.45. The second kappa shape index (κ2) is 8.08. The average molecular weight is 369 g/mol. The molecule has 0 saturated carbocycles. The normalized spacial score (nSPS) is 21.4. The van der Waals surface area contributed by atoms with Gasteiger partial charge in [-0.25, -0.2) is 4.63 Å². The summed E-state index contributed by atoms with van der Waals surface area (Å²) >= 11 is 0. The Bertz CT molecular complexity index is 755. The number of carbonyl (C=O) groups is 1. The van der Waals surface area contributed by atoms with Crippen LogP contribution in [0.1, 0.15) is 30.5 Å². The molecule has 2 fully saturated rings. The first-order valence-corrected chi connectivity index (χ1v) is 9.83. The van der Waals surface area contributed by atoms with E-state index in [4.69, 9.17) is 4.63 Å². The summed E-state index contributed by atoms with van der Waals surface area (Å²) in [7, 11) is 0. The fourth-order valence-corrected chi connectivity index (χ4v) is 4.14. The van der Waals surface area contributed by atoms with Crippen LogP contribution in [-0.2, 0) is 11.3 Å². The molecule has 2 saturated heterocycles. The van der Waals surface area contributed by atoms with Crippen LogP contribution in [0.3, 0.4) is 0 Å². The molecule has 4 rings (SSSR count). The number of piperidine rings is 1. The summed E-state index contributed by atoms with van der Waals surface area (Å²) in [6.07, 6.45) is 3.26. The highest BCUT2D eigenvalue weighted by Gasteiger charge is 2.33. The lowest BCUT2D eigenvalue weighted by atomic mass is 9.99. The SMILES string of the molecule is Cc1nonc1N1CCN(C(=O)C2CCCCN2Cc2ccccc2)CC1. The van der Waals surface area contributed by atoms with E-state index in [1.54, 1.807) is 0 Å². The molecule has 0 N–H and O–H groups in total. The lowest BCUT2D eigenvalue weighted by molar-refractivity contribution is -0.138. The molecule has 3 heterocycles. The molecule has 7 nitrogen and oxygen atoms in total. The van der Waals surface area contributed by atoms with Crippen molar-refractivity contribution in [1.29, 1.82) is 0 Å². The van der Waals surface area contributed by atoms with Crippen molar-refractivity contribution in [3.05, 3.63) is 41.6 Å². The predicted molar refractivity (Wildman–Crippen MR) is 102 cm³/mol. The number of carbonyl (C=O) groups excluding carboxylic acids is 1. The fraction of sp³-hybridized carbons (Fsp3) is 0.550. The highest BCUT2D eigenvalue weighted by molar-refractivity contribution is 5.82. The van der Waals surface area contributed by atoms with Crippen molar-refractivity contribution in [2.45, 2.75) is 38.8 Å². The summed E-state index contributed by atoms with van der Waals surface area (Å²) in [5, 5.41) is 7.84. The van der Waals surface area contributed by atoms with Crippen molar-refractivity contribution in [2.75, 3.05) is 37.6 Å². The lowest BCUT2D eigenvalue weighted by Gasteiger charge is -2.41.